The second-order valence-electron chi connectivity index (χ2n) is 11.1. The lowest BCUT2D eigenvalue weighted by Crippen LogP contribution is -2.55. The largest absolute Gasteiger partial charge is 0.352 e. The Morgan fingerprint density at radius 1 is 0.955 bits per heavy atom. The Hall–Kier alpha value is -3.18. The molecule has 3 aromatic rings. The van der Waals surface area contributed by atoms with Crippen molar-refractivity contribution in [2.24, 2.45) is 0 Å². The molecule has 0 aliphatic heterocycles. The molecule has 236 valence electrons. The second kappa shape index (κ2) is 15.2. The van der Waals surface area contributed by atoms with Gasteiger partial charge in [-0.25, -0.2) is 8.70 Å². The summed E-state index contributed by atoms with van der Waals surface area (Å²) in [4.78, 5) is 29.8. The van der Waals surface area contributed by atoms with Gasteiger partial charge in [-0.15, -0.1) is 0 Å². The molecule has 1 N–H and O–H groups in total. The zero-order valence-electron chi connectivity index (χ0n) is 24.8. The van der Waals surface area contributed by atoms with Gasteiger partial charge in [0.1, 0.15) is 18.4 Å². The highest BCUT2D eigenvalue weighted by Gasteiger charge is 2.35. The van der Waals surface area contributed by atoms with E-state index < -0.39 is 34.5 Å². The van der Waals surface area contributed by atoms with E-state index >= 15 is 0 Å². The Morgan fingerprint density at radius 2 is 1.61 bits per heavy atom. The highest BCUT2D eigenvalue weighted by Crippen LogP contribution is 2.26. The first-order valence-electron chi connectivity index (χ1n) is 14.5. The van der Waals surface area contributed by atoms with Gasteiger partial charge in [0.05, 0.1) is 5.69 Å². The van der Waals surface area contributed by atoms with E-state index in [0.29, 0.717) is 15.6 Å². The van der Waals surface area contributed by atoms with Gasteiger partial charge in [0.25, 0.3) is 0 Å². The normalized spacial score (nSPS) is 14.7. The number of hydrogen-bond donors (Lipinski definition) is 1. The van der Waals surface area contributed by atoms with Crippen LogP contribution in [0.15, 0.2) is 72.8 Å². The molecular formula is C32H37Cl2FN4O4S. The third-order valence-corrected chi connectivity index (χ3v) is 10.1. The summed E-state index contributed by atoms with van der Waals surface area (Å²) < 4.78 is 42.6. The van der Waals surface area contributed by atoms with Crippen molar-refractivity contribution in [3.8, 4) is 0 Å². The summed E-state index contributed by atoms with van der Waals surface area (Å²) in [6.07, 6.45) is 5.01. The van der Waals surface area contributed by atoms with Gasteiger partial charge in [-0.3, -0.25) is 9.59 Å². The summed E-state index contributed by atoms with van der Waals surface area (Å²) in [5.74, 6) is -1.52. The van der Waals surface area contributed by atoms with Crippen molar-refractivity contribution < 1.29 is 22.4 Å². The van der Waals surface area contributed by atoms with Crippen LogP contribution in [-0.4, -0.2) is 62.2 Å². The van der Waals surface area contributed by atoms with Gasteiger partial charge in [0.2, 0.25) is 11.8 Å². The molecule has 0 bridgehead atoms. The molecule has 2 amide bonds. The summed E-state index contributed by atoms with van der Waals surface area (Å²) in [7, 11) is -1.51. The van der Waals surface area contributed by atoms with Crippen molar-refractivity contribution in [3.05, 3.63) is 99.8 Å². The van der Waals surface area contributed by atoms with E-state index in [-0.39, 0.29) is 30.6 Å². The summed E-state index contributed by atoms with van der Waals surface area (Å²) in [6.45, 7) is -0.719. The zero-order chi connectivity index (χ0) is 31.9. The topological polar surface area (TPSA) is 90.0 Å². The van der Waals surface area contributed by atoms with E-state index in [1.807, 2.05) is 30.3 Å². The van der Waals surface area contributed by atoms with Crippen LogP contribution in [0, 0.1) is 5.82 Å². The van der Waals surface area contributed by atoms with Gasteiger partial charge < -0.3 is 10.2 Å². The number of amides is 2. The van der Waals surface area contributed by atoms with Crippen LogP contribution in [0.1, 0.15) is 43.2 Å². The lowest BCUT2D eigenvalue weighted by molar-refractivity contribution is -0.140. The fourth-order valence-electron chi connectivity index (χ4n) is 5.26. The summed E-state index contributed by atoms with van der Waals surface area (Å²) in [6, 6.07) is 18.0. The van der Waals surface area contributed by atoms with Crippen molar-refractivity contribution in [2.45, 2.75) is 57.2 Å². The summed E-state index contributed by atoms with van der Waals surface area (Å²) in [5, 5.41) is 3.87. The molecule has 1 aliphatic carbocycles. The predicted octanol–water partition coefficient (Wildman–Crippen LogP) is 5.83. The molecular weight excluding hydrogens is 626 g/mol. The third-order valence-electron chi connectivity index (χ3n) is 7.71. The van der Waals surface area contributed by atoms with E-state index in [0.717, 1.165) is 58.4 Å². The summed E-state index contributed by atoms with van der Waals surface area (Å²) >= 11 is 12.7. The Bertz CT molecular complexity index is 1540. The van der Waals surface area contributed by atoms with Crippen LogP contribution in [0.3, 0.4) is 0 Å². The minimum atomic E-state index is -4.19. The van der Waals surface area contributed by atoms with Crippen molar-refractivity contribution in [3.63, 3.8) is 0 Å². The average Bonchev–Trinajstić information content (AvgIpc) is 3.00. The first kappa shape index (κ1) is 33.7. The summed E-state index contributed by atoms with van der Waals surface area (Å²) in [5.41, 5.74) is 1.47. The zero-order valence-corrected chi connectivity index (χ0v) is 27.1. The molecule has 1 fully saturated rings. The molecule has 3 aromatic carbocycles. The maximum absolute atomic E-state index is 14.4. The van der Waals surface area contributed by atoms with Crippen LogP contribution >= 0.6 is 23.2 Å². The highest BCUT2D eigenvalue weighted by molar-refractivity contribution is 7.90. The number of carbonyl (C=O) groups is 2. The number of halogens is 3. The predicted molar refractivity (Wildman–Crippen MR) is 172 cm³/mol. The average molecular weight is 664 g/mol. The van der Waals surface area contributed by atoms with Gasteiger partial charge >= 0.3 is 10.2 Å². The molecule has 0 unspecified atom stereocenters. The van der Waals surface area contributed by atoms with E-state index in [1.54, 1.807) is 18.2 Å². The first-order valence-corrected chi connectivity index (χ1v) is 16.6. The minimum absolute atomic E-state index is 0.0181. The van der Waals surface area contributed by atoms with Crippen LogP contribution in [0.4, 0.5) is 10.1 Å². The Morgan fingerprint density at radius 3 is 2.23 bits per heavy atom. The standard InChI is InChI=1S/C32H37Cl2FN4O4S/c1-37(2)44(42,43)39(28-17-15-26(35)16-18-28)22-31(40)38(21-24-13-14-25(33)20-29(24)34)30(19-23-9-5-3-6-10-23)32(41)36-27-11-7-4-8-12-27/h3,5-6,9-10,13-18,20,27,30H,4,7-8,11-12,19,21-22H2,1-2H3,(H,36,41)/t30-/m0/s1. The van der Waals surface area contributed by atoms with E-state index in [2.05, 4.69) is 5.32 Å². The van der Waals surface area contributed by atoms with Crippen LogP contribution in [0.2, 0.25) is 10.0 Å². The first-order chi connectivity index (χ1) is 21.0. The maximum Gasteiger partial charge on any atom is 0.304 e. The maximum atomic E-state index is 14.4. The Balaban J connectivity index is 1.77. The van der Waals surface area contributed by atoms with E-state index in [9.17, 15) is 22.4 Å². The molecule has 0 radical (unpaired) electrons. The molecule has 0 saturated heterocycles. The van der Waals surface area contributed by atoms with Crippen molar-refractivity contribution in [1.82, 2.24) is 14.5 Å². The van der Waals surface area contributed by atoms with Gasteiger partial charge in [0.15, 0.2) is 0 Å². The molecule has 44 heavy (non-hydrogen) atoms. The SMILES string of the molecule is CN(C)S(=O)(=O)N(CC(=O)N(Cc1ccc(Cl)cc1Cl)[C@@H](Cc1ccccc1)C(=O)NC1CCCCC1)c1ccc(F)cc1. The Kier molecular flexibility index (Phi) is 11.6. The van der Waals surface area contributed by atoms with Gasteiger partial charge in [-0.2, -0.15) is 12.7 Å². The number of nitrogens with zero attached hydrogens (tertiary/aromatic N) is 3. The minimum Gasteiger partial charge on any atom is -0.352 e. The monoisotopic (exact) mass is 662 g/mol. The quantitative estimate of drug-likeness (QED) is 0.264. The number of rotatable bonds is 12. The number of hydrogen-bond acceptors (Lipinski definition) is 4. The molecule has 12 heteroatoms. The lowest BCUT2D eigenvalue weighted by Gasteiger charge is -2.35. The fraction of sp³-hybridized carbons (Fsp3) is 0.375. The number of benzene rings is 3. The fourth-order valence-corrected chi connectivity index (χ4v) is 6.78. The van der Waals surface area contributed by atoms with Crippen molar-refractivity contribution in [2.75, 3.05) is 24.9 Å². The third kappa shape index (κ3) is 8.72. The number of carbonyl (C=O) groups excluding carboxylic acids is 2. The smallest absolute Gasteiger partial charge is 0.304 e. The highest BCUT2D eigenvalue weighted by atomic mass is 35.5. The molecule has 1 aliphatic rings. The molecule has 0 heterocycles. The van der Waals surface area contributed by atoms with Gasteiger partial charge in [0, 0.05) is 43.1 Å². The second-order valence-corrected chi connectivity index (χ2v) is 14.0. The Labute approximate surface area is 268 Å². The van der Waals surface area contributed by atoms with E-state index in [1.165, 1.54) is 31.1 Å². The van der Waals surface area contributed by atoms with Crippen molar-refractivity contribution in [1.29, 1.82) is 0 Å². The lowest BCUT2D eigenvalue weighted by atomic mass is 9.94. The molecule has 4 rings (SSSR count). The van der Waals surface area contributed by atoms with Crippen LogP contribution < -0.4 is 9.62 Å². The van der Waals surface area contributed by atoms with Gasteiger partial charge in [-0.05, 0) is 60.4 Å². The molecule has 1 atom stereocenters. The van der Waals surface area contributed by atoms with E-state index in [4.69, 9.17) is 23.2 Å². The van der Waals surface area contributed by atoms with Crippen molar-refractivity contribution >= 4 is 50.9 Å². The number of anilines is 1. The molecule has 1 saturated carbocycles. The van der Waals surface area contributed by atoms with Crippen LogP contribution in [0.25, 0.3) is 0 Å². The molecule has 0 aromatic heterocycles. The van der Waals surface area contributed by atoms with Gasteiger partial charge in [-0.1, -0.05) is 78.9 Å². The molecule has 8 nitrogen and oxygen atoms in total. The van der Waals surface area contributed by atoms with Crippen LogP contribution in [0.5, 0.6) is 0 Å². The number of nitrogens with one attached hydrogen (secondary N) is 1. The van der Waals surface area contributed by atoms with Crippen LogP contribution in [-0.2, 0) is 32.8 Å². The molecule has 0 spiro atoms.